The van der Waals surface area contributed by atoms with Crippen molar-refractivity contribution in [2.75, 3.05) is 6.61 Å². The molecule has 0 aliphatic carbocycles. The van der Waals surface area contributed by atoms with E-state index in [0.717, 1.165) is 11.1 Å². The molecule has 112 valence electrons. The Balaban J connectivity index is 2.31. The number of aliphatic hydroxyl groups is 2. The molecule has 2 N–H and O–H groups in total. The highest BCUT2D eigenvalue weighted by Crippen LogP contribution is 2.32. The number of aliphatic imine (C=N–C) groups is 1. The first-order valence-corrected chi connectivity index (χ1v) is 6.83. The summed E-state index contributed by atoms with van der Waals surface area (Å²) in [5, 5.41) is 20.7. The first kappa shape index (κ1) is 15.3. The molecule has 0 bridgehead atoms. The van der Waals surface area contributed by atoms with E-state index < -0.39 is 17.5 Å². The van der Waals surface area contributed by atoms with Gasteiger partial charge in [0.25, 0.3) is 0 Å². The second kappa shape index (κ2) is 5.69. The molecule has 1 aromatic rings. The van der Waals surface area contributed by atoms with E-state index in [1.54, 1.807) is 13.8 Å². The maximum absolute atomic E-state index is 11.8. The van der Waals surface area contributed by atoms with Crippen LogP contribution in [0.4, 0.5) is 0 Å². The Labute approximate surface area is 123 Å². The summed E-state index contributed by atoms with van der Waals surface area (Å²) in [5.41, 5.74) is 0.341. The summed E-state index contributed by atoms with van der Waals surface area (Å²) in [6.07, 6.45) is 0.0966. The maximum Gasteiger partial charge on any atom is 0.343 e. The lowest BCUT2D eigenvalue weighted by Crippen LogP contribution is -2.30. The number of rotatable bonds is 4. The summed E-state index contributed by atoms with van der Waals surface area (Å²) in [6, 6.07) is 7.54. The van der Waals surface area contributed by atoms with Crippen LogP contribution in [0.1, 0.15) is 25.0 Å². The summed E-state index contributed by atoms with van der Waals surface area (Å²) < 4.78 is 4.88. The second-order valence-corrected chi connectivity index (χ2v) is 5.12. The first-order valence-electron chi connectivity index (χ1n) is 6.83. The van der Waals surface area contributed by atoms with Crippen LogP contribution in [0.25, 0.3) is 0 Å². The molecule has 0 amide bonds. The van der Waals surface area contributed by atoms with Gasteiger partial charge in [-0.15, -0.1) is 0 Å². The van der Waals surface area contributed by atoms with E-state index in [0.29, 0.717) is 0 Å². The standard InChI is InChI=1S/C16H19NO4/c1-4-21-15(19)13-11(3)17-16(20,14(13)18)9-12-7-5-10(2)6-8-12/h5-8,18,20H,4,9H2,1-3H3. The quantitative estimate of drug-likeness (QED) is 0.832. The fourth-order valence-electron chi connectivity index (χ4n) is 2.32. The average Bonchev–Trinajstić information content (AvgIpc) is 2.63. The van der Waals surface area contributed by atoms with Crippen LogP contribution >= 0.6 is 0 Å². The number of hydrogen-bond donors (Lipinski definition) is 2. The SMILES string of the molecule is CCOC(=O)C1=C(O)C(O)(Cc2ccc(C)cc2)N=C1C. The zero-order valence-corrected chi connectivity index (χ0v) is 12.4. The lowest BCUT2D eigenvalue weighted by atomic mass is 9.99. The molecule has 5 heteroatoms. The molecule has 1 aromatic carbocycles. The van der Waals surface area contributed by atoms with Crippen LogP contribution in [-0.2, 0) is 16.0 Å². The van der Waals surface area contributed by atoms with Crippen LogP contribution in [-0.4, -0.2) is 34.2 Å². The molecule has 0 saturated heterocycles. The van der Waals surface area contributed by atoms with Crippen LogP contribution < -0.4 is 0 Å². The number of aliphatic hydroxyl groups excluding tert-OH is 1. The Morgan fingerprint density at radius 2 is 1.90 bits per heavy atom. The monoisotopic (exact) mass is 289 g/mol. The normalized spacial score (nSPS) is 21.4. The predicted molar refractivity (Wildman–Crippen MR) is 79.2 cm³/mol. The molecule has 0 spiro atoms. The van der Waals surface area contributed by atoms with Crippen molar-refractivity contribution in [1.29, 1.82) is 0 Å². The van der Waals surface area contributed by atoms with Crippen molar-refractivity contribution in [3.05, 3.63) is 46.7 Å². The molecule has 2 rings (SSSR count). The third-order valence-electron chi connectivity index (χ3n) is 3.38. The van der Waals surface area contributed by atoms with Gasteiger partial charge in [0, 0.05) is 6.42 Å². The topological polar surface area (TPSA) is 79.1 Å². The molecule has 1 aliphatic rings. The molecule has 1 unspecified atom stereocenters. The molecule has 0 saturated carbocycles. The number of carbonyl (C=O) groups excluding carboxylic acids is 1. The van der Waals surface area contributed by atoms with E-state index in [2.05, 4.69) is 4.99 Å². The number of esters is 1. The highest BCUT2D eigenvalue weighted by Gasteiger charge is 2.42. The fraction of sp³-hybridized carbons (Fsp3) is 0.375. The second-order valence-electron chi connectivity index (χ2n) is 5.12. The molecule has 1 aliphatic heterocycles. The van der Waals surface area contributed by atoms with Gasteiger partial charge >= 0.3 is 5.97 Å². The number of hydrogen-bond acceptors (Lipinski definition) is 5. The summed E-state index contributed by atoms with van der Waals surface area (Å²) in [5.74, 6) is -1.12. The minimum Gasteiger partial charge on any atom is -0.506 e. The Morgan fingerprint density at radius 3 is 2.48 bits per heavy atom. The van der Waals surface area contributed by atoms with Crippen molar-refractivity contribution in [3.8, 4) is 0 Å². The molecule has 0 radical (unpaired) electrons. The predicted octanol–water partition coefficient (Wildman–Crippen LogP) is 2.08. The van der Waals surface area contributed by atoms with E-state index in [4.69, 9.17) is 4.74 Å². The van der Waals surface area contributed by atoms with Gasteiger partial charge in [-0.3, -0.25) is 0 Å². The van der Waals surface area contributed by atoms with E-state index in [1.165, 1.54) is 0 Å². The molecular weight excluding hydrogens is 270 g/mol. The third kappa shape index (κ3) is 2.97. The number of nitrogens with zero attached hydrogens (tertiary/aromatic N) is 1. The molecule has 0 aromatic heterocycles. The van der Waals surface area contributed by atoms with Crippen LogP contribution in [0.15, 0.2) is 40.6 Å². The van der Waals surface area contributed by atoms with Gasteiger partial charge < -0.3 is 14.9 Å². The average molecular weight is 289 g/mol. The van der Waals surface area contributed by atoms with Crippen LogP contribution in [0, 0.1) is 6.92 Å². The highest BCUT2D eigenvalue weighted by molar-refractivity contribution is 6.20. The highest BCUT2D eigenvalue weighted by atomic mass is 16.5. The molecule has 1 atom stereocenters. The van der Waals surface area contributed by atoms with Gasteiger partial charge in [-0.2, -0.15) is 0 Å². The summed E-state index contributed by atoms with van der Waals surface area (Å²) >= 11 is 0. The molecule has 5 nitrogen and oxygen atoms in total. The summed E-state index contributed by atoms with van der Waals surface area (Å²) in [4.78, 5) is 15.9. The molecule has 0 fully saturated rings. The first-order chi connectivity index (χ1) is 9.87. The van der Waals surface area contributed by atoms with Gasteiger partial charge in [-0.05, 0) is 26.3 Å². The van der Waals surface area contributed by atoms with Crippen molar-refractivity contribution in [3.63, 3.8) is 0 Å². The van der Waals surface area contributed by atoms with Gasteiger partial charge in [0.2, 0.25) is 5.72 Å². The number of aryl methyl sites for hydroxylation is 1. The Kier molecular flexibility index (Phi) is 4.14. The maximum atomic E-state index is 11.8. The van der Waals surface area contributed by atoms with Crippen LogP contribution in [0.2, 0.25) is 0 Å². The van der Waals surface area contributed by atoms with E-state index in [-0.39, 0.29) is 24.3 Å². The van der Waals surface area contributed by atoms with E-state index in [9.17, 15) is 15.0 Å². The molecular formula is C16H19NO4. The van der Waals surface area contributed by atoms with Crippen molar-refractivity contribution < 1.29 is 19.7 Å². The summed E-state index contributed by atoms with van der Waals surface area (Å²) in [7, 11) is 0. The van der Waals surface area contributed by atoms with Gasteiger partial charge in [-0.25, -0.2) is 9.79 Å². The van der Waals surface area contributed by atoms with E-state index >= 15 is 0 Å². The van der Waals surface area contributed by atoms with E-state index in [1.807, 2.05) is 31.2 Å². The van der Waals surface area contributed by atoms with Gasteiger partial charge in [-0.1, -0.05) is 29.8 Å². The molecule has 21 heavy (non-hydrogen) atoms. The Morgan fingerprint density at radius 1 is 1.29 bits per heavy atom. The Hall–Kier alpha value is -2.14. The number of carbonyl (C=O) groups is 1. The lowest BCUT2D eigenvalue weighted by molar-refractivity contribution is -0.138. The van der Waals surface area contributed by atoms with Gasteiger partial charge in [0.05, 0.1) is 12.3 Å². The van der Waals surface area contributed by atoms with Crippen molar-refractivity contribution in [2.45, 2.75) is 32.9 Å². The van der Waals surface area contributed by atoms with Crippen molar-refractivity contribution in [2.24, 2.45) is 4.99 Å². The number of benzene rings is 1. The minimum absolute atomic E-state index is 0.0496. The van der Waals surface area contributed by atoms with Crippen molar-refractivity contribution >= 4 is 11.7 Å². The minimum atomic E-state index is -1.80. The van der Waals surface area contributed by atoms with Gasteiger partial charge in [0.15, 0.2) is 5.76 Å². The van der Waals surface area contributed by atoms with Gasteiger partial charge in [0.1, 0.15) is 5.57 Å². The Bertz CT molecular complexity index is 616. The largest absolute Gasteiger partial charge is 0.506 e. The lowest BCUT2D eigenvalue weighted by Gasteiger charge is -2.20. The zero-order valence-electron chi connectivity index (χ0n) is 12.4. The van der Waals surface area contributed by atoms with Crippen molar-refractivity contribution in [1.82, 2.24) is 0 Å². The third-order valence-corrected chi connectivity index (χ3v) is 3.38. The summed E-state index contributed by atoms with van der Waals surface area (Å²) in [6.45, 7) is 5.40. The fourth-order valence-corrected chi connectivity index (χ4v) is 2.32. The molecule has 1 heterocycles. The number of ether oxygens (including phenoxy) is 1. The van der Waals surface area contributed by atoms with Crippen LogP contribution in [0.5, 0.6) is 0 Å². The smallest absolute Gasteiger partial charge is 0.343 e. The van der Waals surface area contributed by atoms with Crippen LogP contribution in [0.3, 0.4) is 0 Å². The zero-order chi connectivity index (χ0) is 15.6.